The molecule has 0 bridgehead atoms. The smallest absolute Gasteiger partial charge is 0.339 e. The quantitative estimate of drug-likeness (QED) is 0.874. The third-order valence-electron chi connectivity index (χ3n) is 2.08. The van der Waals surface area contributed by atoms with E-state index in [9.17, 15) is 4.79 Å². The van der Waals surface area contributed by atoms with E-state index < -0.39 is 5.97 Å². The Hall–Kier alpha value is -1.47. The highest BCUT2D eigenvalue weighted by atomic mass is 79.9. The van der Waals surface area contributed by atoms with Crippen LogP contribution in [0.4, 0.5) is 0 Å². The molecular weight excluding hydrogens is 318 g/mol. The Labute approximate surface area is 116 Å². The third-order valence-corrected chi connectivity index (χ3v) is 3.38. The van der Waals surface area contributed by atoms with Crippen molar-refractivity contribution in [3.05, 3.63) is 40.3 Å². The van der Waals surface area contributed by atoms with Gasteiger partial charge in [-0.25, -0.2) is 19.7 Å². The summed E-state index contributed by atoms with van der Waals surface area (Å²) in [5.74, 6) is -1.02. The van der Waals surface area contributed by atoms with Gasteiger partial charge in [0, 0.05) is 16.9 Å². The summed E-state index contributed by atoms with van der Waals surface area (Å²) >= 11 is 4.58. The molecule has 0 aliphatic rings. The maximum Gasteiger partial charge on any atom is 0.339 e. The molecule has 2 aromatic rings. The molecule has 0 radical (unpaired) electrons. The van der Waals surface area contributed by atoms with Crippen LogP contribution in [0.5, 0.6) is 0 Å². The third kappa shape index (κ3) is 3.05. The largest absolute Gasteiger partial charge is 0.478 e. The fourth-order valence-corrected chi connectivity index (χ4v) is 2.17. The molecule has 18 heavy (non-hydrogen) atoms. The molecule has 0 atom stereocenters. The van der Waals surface area contributed by atoms with Crippen LogP contribution in [0.15, 0.2) is 39.2 Å². The molecule has 1 N–H and O–H groups in total. The SMILES string of the molecule is Cc1nc(Sc2ccc(Br)cn2)ncc1C(=O)O. The summed E-state index contributed by atoms with van der Waals surface area (Å²) in [5, 5.41) is 10.1. The number of aromatic carboxylic acids is 1. The average molecular weight is 326 g/mol. The Balaban J connectivity index is 2.22. The van der Waals surface area contributed by atoms with E-state index in [1.54, 1.807) is 13.1 Å². The molecule has 0 aliphatic heterocycles. The fourth-order valence-electron chi connectivity index (χ4n) is 1.22. The van der Waals surface area contributed by atoms with Crippen LogP contribution in [0, 0.1) is 6.92 Å². The van der Waals surface area contributed by atoms with Gasteiger partial charge in [0.15, 0.2) is 5.16 Å². The number of aryl methyl sites for hydroxylation is 1. The highest BCUT2D eigenvalue weighted by Crippen LogP contribution is 2.23. The number of halogens is 1. The van der Waals surface area contributed by atoms with Crippen LogP contribution in [0.3, 0.4) is 0 Å². The first-order valence-electron chi connectivity index (χ1n) is 4.92. The Morgan fingerprint density at radius 1 is 1.33 bits per heavy atom. The van der Waals surface area contributed by atoms with E-state index in [1.165, 1.54) is 18.0 Å². The molecule has 0 saturated carbocycles. The number of pyridine rings is 1. The minimum atomic E-state index is -1.02. The first-order valence-corrected chi connectivity index (χ1v) is 6.53. The monoisotopic (exact) mass is 325 g/mol. The van der Waals surface area contributed by atoms with Crippen LogP contribution in [0.25, 0.3) is 0 Å². The van der Waals surface area contributed by atoms with Crippen molar-refractivity contribution in [2.24, 2.45) is 0 Å². The summed E-state index contributed by atoms with van der Waals surface area (Å²) < 4.78 is 0.894. The number of nitrogens with zero attached hydrogens (tertiary/aromatic N) is 3. The number of hydrogen-bond acceptors (Lipinski definition) is 5. The molecule has 0 fully saturated rings. The van der Waals surface area contributed by atoms with Gasteiger partial charge in [-0.1, -0.05) is 0 Å². The second-order valence-electron chi connectivity index (χ2n) is 3.37. The van der Waals surface area contributed by atoms with E-state index >= 15 is 0 Å². The van der Waals surface area contributed by atoms with Crippen LogP contribution < -0.4 is 0 Å². The summed E-state index contributed by atoms with van der Waals surface area (Å²) in [7, 11) is 0. The minimum absolute atomic E-state index is 0.114. The van der Waals surface area contributed by atoms with Crippen molar-refractivity contribution in [1.29, 1.82) is 0 Å². The van der Waals surface area contributed by atoms with Gasteiger partial charge in [-0.2, -0.15) is 0 Å². The summed E-state index contributed by atoms with van der Waals surface area (Å²) in [4.78, 5) is 23.1. The van der Waals surface area contributed by atoms with Crippen molar-refractivity contribution in [2.45, 2.75) is 17.1 Å². The molecule has 0 saturated heterocycles. The Bertz CT molecular complexity index is 589. The Morgan fingerprint density at radius 3 is 2.67 bits per heavy atom. The Kier molecular flexibility index (Phi) is 3.93. The van der Waals surface area contributed by atoms with Crippen molar-refractivity contribution in [1.82, 2.24) is 15.0 Å². The van der Waals surface area contributed by atoms with E-state index in [0.29, 0.717) is 10.9 Å². The van der Waals surface area contributed by atoms with E-state index in [0.717, 1.165) is 9.50 Å². The van der Waals surface area contributed by atoms with E-state index in [2.05, 4.69) is 30.9 Å². The van der Waals surface area contributed by atoms with Crippen LogP contribution in [-0.2, 0) is 0 Å². The van der Waals surface area contributed by atoms with Gasteiger partial charge in [0.05, 0.1) is 11.3 Å². The maximum atomic E-state index is 10.8. The molecule has 5 nitrogen and oxygen atoms in total. The molecule has 0 spiro atoms. The van der Waals surface area contributed by atoms with Crippen molar-refractivity contribution < 1.29 is 9.90 Å². The van der Waals surface area contributed by atoms with Crippen molar-refractivity contribution in [3.63, 3.8) is 0 Å². The number of carboxylic acids is 1. The summed E-state index contributed by atoms with van der Waals surface area (Å²) in [6.45, 7) is 1.64. The minimum Gasteiger partial charge on any atom is -0.478 e. The molecule has 0 aliphatic carbocycles. The lowest BCUT2D eigenvalue weighted by molar-refractivity contribution is 0.0695. The van der Waals surface area contributed by atoms with E-state index in [4.69, 9.17) is 5.11 Å². The fraction of sp³-hybridized carbons (Fsp3) is 0.0909. The average Bonchev–Trinajstić information content (AvgIpc) is 2.32. The van der Waals surface area contributed by atoms with Crippen LogP contribution in [0.1, 0.15) is 16.1 Å². The van der Waals surface area contributed by atoms with Crippen molar-refractivity contribution in [3.8, 4) is 0 Å². The number of rotatable bonds is 3. The lowest BCUT2D eigenvalue weighted by Gasteiger charge is -2.02. The van der Waals surface area contributed by atoms with Crippen molar-refractivity contribution >= 4 is 33.7 Å². The van der Waals surface area contributed by atoms with Crippen LogP contribution in [-0.4, -0.2) is 26.0 Å². The van der Waals surface area contributed by atoms with Gasteiger partial charge in [0.2, 0.25) is 0 Å². The summed E-state index contributed by atoms with van der Waals surface area (Å²) in [6.07, 6.45) is 2.99. The topological polar surface area (TPSA) is 76.0 Å². The number of hydrogen-bond donors (Lipinski definition) is 1. The lowest BCUT2D eigenvalue weighted by atomic mass is 10.2. The molecule has 7 heteroatoms. The molecule has 2 rings (SSSR count). The molecule has 92 valence electrons. The molecule has 0 aromatic carbocycles. The van der Waals surface area contributed by atoms with Crippen LogP contribution >= 0.6 is 27.7 Å². The first kappa shape index (κ1) is 13.0. The molecular formula is C11H8BrN3O2S. The Morgan fingerprint density at radius 2 is 2.11 bits per heavy atom. The normalized spacial score (nSPS) is 10.3. The highest BCUT2D eigenvalue weighted by molar-refractivity contribution is 9.10. The maximum absolute atomic E-state index is 10.8. The first-order chi connectivity index (χ1) is 8.56. The lowest BCUT2D eigenvalue weighted by Crippen LogP contribution is -2.03. The van der Waals surface area contributed by atoms with Gasteiger partial charge in [0.25, 0.3) is 0 Å². The zero-order valence-electron chi connectivity index (χ0n) is 9.29. The van der Waals surface area contributed by atoms with Gasteiger partial charge in [0.1, 0.15) is 5.03 Å². The number of aromatic nitrogens is 3. The van der Waals surface area contributed by atoms with Gasteiger partial charge < -0.3 is 5.11 Å². The number of carboxylic acid groups (broad SMARTS) is 1. The standard InChI is InChI=1S/C11H8BrN3O2S/c1-6-8(10(16)17)5-14-11(15-6)18-9-3-2-7(12)4-13-9/h2-5H,1H3,(H,16,17). The number of carbonyl (C=O) groups is 1. The summed E-state index contributed by atoms with van der Waals surface area (Å²) in [5.41, 5.74) is 0.556. The molecule has 2 heterocycles. The van der Waals surface area contributed by atoms with Gasteiger partial charge in [-0.05, 0) is 46.7 Å². The van der Waals surface area contributed by atoms with Gasteiger partial charge in [-0.15, -0.1) is 0 Å². The predicted molar refractivity (Wildman–Crippen MR) is 69.8 cm³/mol. The van der Waals surface area contributed by atoms with E-state index in [1.807, 2.05) is 12.1 Å². The second kappa shape index (κ2) is 5.45. The van der Waals surface area contributed by atoms with Gasteiger partial charge >= 0.3 is 5.97 Å². The summed E-state index contributed by atoms with van der Waals surface area (Å²) in [6, 6.07) is 3.70. The van der Waals surface area contributed by atoms with Crippen LogP contribution in [0.2, 0.25) is 0 Å². The van der Waals surface area contributed by atoms with Crippen molar-refractivity contribution in [2.75, 3.05) is 0 Å². The predicted octanol–water partition coefficient (Wildman–Crippen LogP) is 2.79. The van der Waals surface area contributed by atoms with Gasteiger partial charge in [-0.3, -0.25) is 0 Å². The van der Waals surface area contributed by atoms with E-state index in [-0.39, 0.29) is 5.56 Å². The molecule has 2 aromatic heterocycles. The molecule has 0 amide bonds. The highest BCUT2D eigenvalue weighted by Gasteiger charge is 2.10. The zero-order valence-corrected chi connectivity index (χ0v) is 11.7. The zero-order chi connectivity index (χ0) is 13.1. The molecule has 0 unspecified atom stereocenters. The second-order valence-corrected chi connectivity index (χ2v) is 5.28.